The number of nitrogens with one attached hydrogen (secondary N) is 1. The van der Waals surface area contributed by atoms with Gasteiger partial charge in [-0.15, -0.1) is 0 Å². The molecular formula is C14H24N2O. The van der Waals surface area contributed by atoms with Gasteiger partial charge in [0, 0.05) is 6.54 Å². The van der Waals surface area contributed by atoms with Crippen LogP contribution in [0.3, 0.4) is 0 Å². The Balaban J connectivity index is 2.09. The molecule has 96 valence electrons. The zero-order chi connectivity index (χ0) is 12.5. The SMILES string of the molecule is CN(C)CCCCNCc1ccc(CO)cc1. The second-order valence-electron chi connectivity index (χ2n) is 4.66. The van der Waals surface area contributed by atoms with Crippen LogP contribution in [0.1, 0.15) is 24.0 Å². The van der Waals surface area contributed by atoms with Gasteiger partial charge >= 0.3 is 0 Å². The molecule has 0 aliphatic rings. The fourth-order valence-electron chi connectivity index (χ4n) is 1.67. The van der Waals surface area contributed by atoms with Gasteiger partial charge in [0.1, 0.15) is 0 Å². The average Bonchev–Trinajstić information content (AvgIpc) is 2.34. The van der Waals surface area contributed by atoms with E-state index in [2.05, 4.69) is 36.4 Å². The van der Waals surface area contributed by atoms with E-state index in [1.807, 2.05) is 12.1 Å². The summed E-state index contributed by atoms with van der Waals surface area (Å²) >= 11 is 0. The van der Waals surface area contributed by atoms with Gasteiger partial charge in [-0.2, -0.15) is 0 Å². The van der Waals surface area contributed by atoms with E-state index >= 15 is 0 Å². The monoisotopic (exact) mass is 236 g/mol. The molecule has 1 aromatic rings. The Morgan fingerprint density at radius 3 is 2.29 bits per heavy atom. The van der Waals surface area contributed by atoms with Gasteiger partial charge in [0.05, 0.1) is 6.61 Å². The van der Waals surface area contributed by atoms with Crippen LogP contribution in [0.15, 0.2) is 24.3 Å². The van der Waals surface area contributed by atoms with E-state index in [9.17, 15) is 0 Å². The summed E-state index contributed by atoms with van der Waals surface area (Å²) in [5.74, 6) is 0. The molecule has 0 radical (unpaired) electrons. The first-order chi connectivity index (χ1) is 8.22. The molecule has 0 bridgehead atoms. The summed E-state index contributed by atoms with van der Waals surface area (Å²) in [7, 11) is 4.21. The summed E-state index contributed by atoms with van der Waals surface area (Å²) < 4.78 is 0. The Morgan fingerprint density at radius 2 is 1.71 bits per heavy atom. The van der Waals surface area contributed by atoms with Crippen molar-refractivity contribution in [1.29, 1.82) is 0 Å². The molecule has 0 saturated carbocycles. The third-order valence-electron chi connectivity index (χ3n) is 2.74. The van der Waals surface area contributed by atoms with E-state index < -0.39 is 0 Å². The number of nitrogens with zero attached hydrogens (tertiary/aromatic N) is 1. The Labute approximate surface area is 104 Å². The molecule has 3 nitrogen and oxygen atoms in total. The van der Waals surface area contributed by atoms with Crippen molar-refractivity contribution < 1.29 is 5.11 Å². The number of aliphatic hydroxyl groups is 1. The summed E-state index contributed by atoms with van der Waals surface area (Å²) in [6, 6.07) is 8.09. The van der Waals surface area contributed by atoms with Crippen molar-refractivity contribution in [2.75, 3.05) is 27.2 Å². The largest absolute Gasteiger partial charge is 0.392 e. The number of hydrogen-bond donors (Lipinski definition) is 2. The third kappa shape index (κ3) is 6.41. The molecule has 17 heavy (non-hydrogen) atoms. The van der Waals surface area contributed by atoms with Crippen molar-refractivity contribution >= 4 is 0 Å². The molecular weight excluding hydrogens is 212 g/mol. The summed E-state index contributed by atoms with van der Waals surface area (Å²) in [5, 5.41) is 12.4. The second kappa shape index (κ2) is 8.23. The molecule has 0 aromatic heterocycles. The lowest BCUT2D eigenvalue weighted by atomic mass is 10.1. The summed E-state index contributed by atoms with van der Waals surface area (Å²) in [5.41, 5.74) is 2.24. The van der Waals surface area contributed by atoms with Gasteiger partial charge in [-0.1, -0.05) is 24.3 Å². The maximum atomic E-state index is 8.93. The Kier molecular flexibility index (Phi) is 6.86. The number of unbranched alkanes of at least 4 members (excludes halogenated alkanes) is 1. The minimum atomic E-state index is 0.123. The number of rotatable bonds is 8. The summed E-state index contributed by atoms with van der Waals surface area (Å²) in [4.78, 5) is 2.22. The van der Waals surface area contributed by atoms with Crippen LogP contribution in [0.4, 0.5) is 0 Å². The molecule has 1 rings (SSSR count). The van der Waals surface area contributed by atoms with E-state index in [0.29, 0.717) is 0 Å². The van der Waals surface area contributed by atoms with Crippen molar-refractivity contribution in [3.63, 3.8) is 0 Å². The van der Waals surface area contributed by atoms with Crippen molar-refractivity contribution in [3.8, 4) is 0 Å². The summed E-state index contributed by atoms with van der Waals surface area (Å²) in [6.07, 6.45) is 2.45. The molecule has 0 aliphatic heterocycles. The van der Waals surface area contributed by atoms with Crippen LogP contribution in [-0.4, -0.2) is 37.2 Å². The molecule has 3 heteroatoms. The number of aliphatic hydroxyl groups excluding tert-OH is 1. The number of hydrogen-bond acceptors (Lipinski definition) is 3. The van der Waals surface area contributed by atoms with Gasteiger partial charge in [0.2, 0.25) is 0 Å². The van der Waals surface area contributed by atoms with Crippen LogP contribution in [0.2, 0.25) is 0 Å². The van der Waals surface area contributed by atoms with E-state index in [0.717, 1.165) is 25.2 Å². The normalized spacial score (nSPS) is 11.1. The molecule has 0 atom stereocenters. The molecule has 0 saturated heterocycles. The third-order valence-corrected chi connectivity index (χ3v) is 2.74. The molecule has 0 heterocycles. The van der Waals surface area contributed by atoms with Crippen LogP contribution < -0.4 is 5.32 Å². The van der Waals surface area contributed by atoms with E-state index in [-0.39, 0.29) is 6.61 Å². The Bertz CT molecular complexity index is 296. The standard InChI is InChI=1S/C14H24N2O/c1-16(2)10-4-3-9-15-11-13-5-7-14(12-17)8-6-13/h5-8,15,17H,3-4,9-12H2,1-2H3. The maximum absolute atomic E-state index is 8.93. The second-order valence-corrected chi connectivity index (χ2v) is 4.66. The average molecular weight is 236 g/mol. The van der Waals surface area contributed by atoms with Gasteiger partial charge in [-0.25, -0.2) is 0 Å². The smallest absolute Gasteiger partial charge is 0.0681 e. The van der Waals surface area contributed by atoms with Crippen LogP contribution in [0.5, 0.6) is 0 Å². The van der Waals surface area contributed by atoms with Gasteiger partial charge in [0.15, 0.2) is 0 Å². The van der Waals surface area contributed by atoms with Crippen molar-refractivity contribution in [2.24, 2.45) is 0 Å². The number of benzene rings is 1. The lowest BCUT2D eigenvalue weighted by molar-refractivity contribution is 0.282. The fourth-order valence-corrected chi connectivity index (χ4v) is 1.67. The highest BCUT2D eigenvalue weighted by atomic mass is 16.3. The first-order valence-electron chi connectivity index (χ1n) is 6.26. The highest BCUT2D eigenvalue weighted by Gasteiger charge is 1.94. The van der Waals surface area contributed by atoms with Gasteiger partial charge in [-0.05, 0) is 51.2 Å². The highest BCUT2D eigenvalue weighted by molar-refractivity contribution is 5.21. The first kappa shape index (κ1) is 14.2. The molecule has 0 aliphatic carbocycles. The van der Waals surface area contributed by atoms with E-state index in [1.165, 1.54) is 18.4 Å². The molecule has 0 unspecified atom stereocenters. The van der Waals surface area contributed by atoms with Crippen molar-refractivity contribution in [1.82, 2.24) is 10.2 Å². The molecule has 0 fully saturated rings. The van der Waals surface area contributed by atoms with Crippen molar-refractivity contribution in [2.45, 2.75) is 26.0 Å². The van der Waals surface area contributed by atoms with Crippen LogP contribution >= 0.6 is 0 Å². The minimum absolute atomic E-state index is 0.123. The van der Waals surface area contributed by atoms with E-state index in [4.69, 9.17) is 5.11 Å². The molecule has 2 N–H and O–H groups in total. The topological polar surface area (TPSA) is 35.5 Å². The predicted molar refractivity (Wildman–Crippen MR) is 71.9 cm³/mol. The zero-order valence-electron chi connectivity index (χ0n) is 10.9. The lowest BCUT2D eigenvalue weighted by Crippen LogP contribution is -2.18. The molecule has 0 amide bonds. The van der Waals surface area contributed by atoms with Gasteiger partial charge < -0.3 is 15.3 Å². The quantitative estimate of drug-likeness (QED) is 0.673. The molecule has 1 aromatic carbocycles. The van der Waals surface area contributed by atoms with Crippen LogP contribution in [-0.2, 0) is 13.2 Å². The highest BCUT2D eigenvalue weighted by Crippen LogP contribution is 2.03. The first-order valence-corrected chi connectivity index (χ1v) is 6.26. The Morgan fingerprint density at radius 1 is 1.06 bits per heavy atom. The summed E-state index contributed by atoms with van der Waals surface area (Å²) in [6.45, 7) is 3.26. The van der Waals surface area contributed by atoms with Crippen LogP contribution in [0.25, 0.3) is 0 Å². The van der Waals surface area contributed by atoms with Crippen LogP contribution in [0, 0.1) is 0 Å². The maximum Gasteiger partial charge on any atom is 0.0681 e. The fraction of sp³-hybridized carbons (Fsp3) is 0.571. The predicted octanol–water partition coefficient (Wildman–Crippen LogP) is 1.61. The Hall–Kier alpha value is -0.900. The van der Waals surface area contributed by atoms with Gasteiger partial charge in [-0.3, -0.25) is 0 Å². The van der Waals surface area contributed by atoms with E-state index in [1.54, 1.807) is 0 Å². The van der Waals surface area contributed by atoms with Gasteiger partial charge in [0.25, 0.3) is 0 Å². The van der Waals surface area contributed by atoms with Crippen molar-refractivity contribution in [3.05, 3.63) is 35.4 Å². The lowest BCUT2D eigenvalue weighted by Gasteiger charge is -2.09. The minimum Gasteiger partial charge on any atom is -0.392 e. The zero-order valence-corrected chi connectivity index (χ0v) is 10.9. The molecule has 0 spiro atoms.